The van der Waals surface area contributed by atoms with Gasteiger partial charge in [-0.05, 0) is 31.2 Å². The van der Waals surface area contributed by atoms with E-state index in [4.69, 9.17) is 5.73 Å². The van der Waals surface area contributed by atoms with Gasteiger partial charge in [0.1, 0.15) is 12.1 Å². The highest BCUT2D eigenvalue weighted by molar-refractivity contribution is 5.35. The van der Waals surface area contributed by atoms with Crippen molar-refractivity contribution < 1.29 is 0 Å². The summed E-state index contributed by atoms with van der Waals surface area (Å²) >= 11 is 0. The zero-order valence-electron chi connectivity index (χ0n) is 10.6. The first-order chi connectivity index (χ1) is 8.28. The molecule has 94 valence electrons. The Bertz CT molecular complexity index is 358. The number of hydrogen-bond donors (Lipinski definition) is 2. The molecule has 0 radical (unpaired) electrons. The van der Waals surface area contributed by atoms with Crippen molar-refractivity contribution >= 4 is 5.82 Å². The maximum atomic E-state index is 5.92. The molecule has 1 saturated carbocycles. The zero-order chi connectivity index (χ0) is 12.1. The summed E-state index contributed by atoms with van der Waals surface area (Å²) in [7, 11) is 0. The summed E-state index contributed by atoms with van der Waals surface area (Å²) in [5, 5.41) is 3.42. The van der Waals surface area contributed by atoms with Gasteiger partial charge < -0.3 is 11.1 Å². The molecule has 1 fully saturated rings. The summed E-state index contributed by atoms with van der Waals surface area (Å²) in [6.07, 6.45) is 7.67. The van der Waals surface area contributed by atoms with Crippen LogP contribution < -0.4 is 11.1 Å². The Morgan fingerprint density at radius 3 is 2.76 bits per heavy atom. The average molecular weight is 234 g/mol. The van der Waals surface area contributed by atoms with Crippen LogP contribution in [0.15, 0.2) is 12.4 Å². The summed E-state index contributed by atoms with van der Waals surface area (Å²) in [5.41, 5.74) is 7.28. The lowest BCUT2D eigenvalue weighted by molar-refractivity contribution is 0.332. The van der Waals surface area contributed by atoms with Crippen molar-refractivity contribution in [2.45, 2.75) is 39.0 Å². The Labute approximate surface area is 103 Å². The molecular formula is C13H22N4. The molecule has 1 aliphatic carbocycles. The SMILES string of the molecule is CCc1cc(NCC2(CN)CCCC2)ncn1. The largest absolute Gasteiger partial charge is 0.369 e. The van der Waals surface area contributed by atoms with E-state index in [1.54, 1.807) is 6.33 Å². The summed E-state index contributed by atoms with van der Waals surface area (Å²) in [5.74, 6) is 0.927. The molecule has 1 aliphatic rings. The highest BCUT2D eigenvalue weighted by atomic mass is 15.0. The number of anilines is 1. The van der Waals surface area contributed by atoms with Crippen molar-refractivity contribution in [3.05, 3.63) is 18.1 Å². The lowest BCUT2D eigenvalue weighted by atomic mass is 9.86. The summed E-state index contributed by atoms with van der Waals surface area (Å²) in [4.78, 5) is 8.45. The van der Waals surface area contributed by atoms with Crippen molar-refractivity contribution in [3.8, 4) is 0 Å². The monoisotopic (exact) mass is 234 g/mol. The third kappa shape index (κ3) is 2.94. The number of aromatic nitrogens is 2. The van der Waals surface area contributed by atoms with Gasteiger partial charge in [-0.25, -0.2) is 9.97 Å². The highest BCUT2D eigenvalue weighted by Crippen LogP contribution is 2.37. The second kappa shape index (κ2) is 5.45. The Morgan fingerprint density at radius 1 is 1.35 bits per heavy atom. The van der Waals surface area contributed by atoms with Gasteiger partial charge in [0.05, 0.1) is 0 Å². The van der Waals surface area contributed by atoms with Crippen LogP contribution in [0.5, 0.6) is 0 Å². The van der Waals surface area contributed by atoms with Crippen molar-refractivity contribution in [2.24, 2.45) is 11.1 Å². The van der Waals surface area contributed by atoms with E-state index in [1.807, 2.05) is 6.07 Å². The Morgan fingerprint density at radius 2 is 2.12 bits per heavy atom. The Hall–Kier alpha value is -1.16. The molecule has 4 heteroatoms. The first-order valence-electron chi connectivity index (χ1n) is 6.53. The van der Waals surface area contributed by atoms with Gasteiger partial charge in [0, 0.05) is 18.3 Å². The minimum absolute atomic E-state index is 0.289. The van der Waals surface area contributed by atoms with Crippen molar-refractivity contribution in [2.75, 3.05) is 18.4 Å². The number of aryl methyl sites for hydroxylation is 1. The molecule has 0 amide bonds. The van der Waals surface area contributed by atoms with E-state index in [0.717, 1.165) is 31.0 Å². The van der Waals surface area contributed by atoms with Gasteiger partial charge in [-0.3, -0.25) is 0 Å². The molecule has 0 saturated heterocycles. The minimum atomic E-state index is 0.289. The van der Waals surface area contributed by atoms with Crippen LogP contribution in [-0.4, -0.2) is 23.1 Å². The minimum Gasteiger partial charge on any atom is -0.369 e. The number of hydrogen-bond acceptors (Lipinski definition) is 4. The normalized spacial score (nSPS) is 18.2. The zero-order valence-corrected chi connectivity index (χ0v) is 10.6. The third-order valence-electron chi connectivity index (χ3n) is 3.83. The number of nitrogens with zero attached hydrogens (tertiary/aromatic N) is 2. The molecule has 1 aromatic heterocycles. The first kappa shape index (κ1) is 12.3. The summed E-state index contributed by atoms with van der Waals surface area (Å²) < 4.78 is 0. The smallest absolute Gasteiger partial charge is 0.129 e. The van der Waals surface area contributed by atoms with E-state index in [2.05, 4.69) is 22.2 Å². The maximum absolute atomic E-state index is 5.92. The predicted octanol–water partition coefficient (Wildman–Crippen LogP) is 1.97. The van der Waals surface area contributed by atoms with Gasteiger partial charge in [-0.2, -0.15) is 0 Å². The average Bonchev–Trinajstić information content (AvgIpc) is 2.86. The van der Waals surface area contributed by atoms with Crippen LogP contribution in [0, 0.1) is 5.41 Å². The van der Waals surface area contributed by atoms with Gasteiger partial charge in [-0.15, -0.1) is 0 Å². The fourth-order valence-electron chi connectivity index (χ4n) is 2.54. The van der Waals surface area contributed by atoms with Crippen molar-refractivity contribution in [3.63, 3.8) is 0 Å². The van der Waals surface area contributed by atoms with Crippen LogP contribution in [0.3, 0.4) is 0 Å². The Kier molecular flexibility index (Phi) is 3.94. The van der Waals surface area contributed by atoms with Crippen LogP contribution in [0.1, 0.15) is 38.3 Å². The van der Waals surface area contributed by atoms with Gasteiger partial charge in [0.15, 0.2) is 0 Å². The van der Waals surface area contributed by atoms with Crippen LogP contribution >= 0.6 is 0 Å². The van der Waals surface area contributed by atoms with E-state index in [9.17, 15) is 0 Å². The molecular weight excluding hydrogens is 212 g/mol. The van der Waals surface area contributed by atoms with E-state index in [0.29, 0.717) is 0 Å². The molecule has 2 rings (SSSR count). The van der Waals surface area contributed by atoms with Crippen LogP contribution in [0.25, 0.3) is 0 Å². The Balaban J connectivity index is 1.96. The third-order valence-corrected chi connectivity index (χ3v) is 3.83. The predicted molar refractivity (Wildman–Crippen MR) is 69.9 cm³/mol. The van der Waals surface area contributed by atoms with Crippen molar-refractivity contribution in [1.82, 2.24) is 9.97 Å². The quantitative estimate of drug-likeness (QED) is 0.817. The van der Waals surface area contributed by atoms with Crippen LogP contribution in [0.2, 0.25) is 0 Å². The maximum Gasteiger partial charge on any atom is 0.129 e. The molecule has 3 N–H and O–H groups in total. The van der Waals surface area contributed by atoms with Gasteiger partial charge in [0.2, 0.25) is 0 Å². The topological polar surface area (TPSA) is 63.8 Å². The molecule has 1 aromatic rings. The second-order valence-electron chi connectivity index (χ2n) is 5.01. The van der Waals surface area contributed by atoms with Crippen molar-refractivity contribution in [1.29, 1.82) is 0 Å². The number of nitrogens with one attached hydrogen (secondary N) is 1. The van der Waals surface area contributed by atoms with Crippen LogP contribution in [0.4, 0.5) is 5.82 Å². The molecule has 0 atom stereocenters. The number of nitrogens with two attached hydrogens (primary N) is 1. The molecule has 4 nitrogen and oxygen atoms in total. The molecule has 0 unspecified atom stereocenters. The fourth-order valence-corrected chi connectivity index (χ4v) is 2.54. The highest BCUT2D eigenvalue weighted by Gasteiger charge is 2.32. The fraction of sp³-hybridized carbons (Fsp3) is 0.692. The molecule has 17 heavy (non-hydrogen) atoms. The van der Waals surface area contributed by atoms with E-state index >= 15 is 0 Å². The van der Waals surface area contributed by atoms with E-state index in [-0.39, 0.29) is 5.41 Å². The molecule has 0 bridgehead atoms. The van der Waals surface area contributed by atoms with Gasteiger partial charge in [-0.1, -0.05) is 19.8 Å². The molecule has 0 spiro atoms. The lowest BCUT2D eigenvalue weighted by Gasteiger charge is -2.27. The van der Waals surface area contributed by atoms with Gasteiger partial charge >= 0.3 is 0 Å². The molecule has 0 aliphatic heterocycles. The molecule has 1 heterocycles. The number of rotatable bonds is 5. The van der Waals surface area contributed by atoms with Crippen LogP contribution in [-0.2, 0) is 6.42 Å². The standard InChI is InChI=1S/C13H22N4/c1-2-11-7-12(17-10-16-11)15-9-13(8-14)5-3-4-6-13/h7,10H,2-6,8-9,14H2,1H3,(H,15,16,17). The first-order valence-corrected chi connectivity index (χ1v) is 6.53. The van der Waals surface area contributed by atoms with E-state index in [1.165, 1.54) is 25.7 Å². The van der Waals surface area contributed by atoms with E-state index < -0.39 is 0 Å². The second-order valence-corrected chi connectivity index (χ2v) is 5.01. The molecule has 0 aromatic carbocycles. The van der Waals surface area contributed by atoms with Gasteiger partial charge in [0.25, 0.3) is 0 Å². The summed E-state index contributed by atoms with van der Waals surface area (Å²) in [6.45, 7) is 3.81. The summed E-state index contributed by atoms with van der Waals surface area (Å²) in [6, 6.07) is 2.03. The lowest BCUT2D eigenvalue weighted by Crippen LogP contribution is -2.34.